The summed E-state index contributed by atoms with van der Waals surface area (Å²) in [6.07, 6.45) is 0. The number of fused-ring (bicyclic) bond motifs is 9. The zero-order valence-electron chi connectivity index (χ0n) is 36.1. The summed E-state index contributed by atoms with van der Waals surface area (Å²) >= 11 is 0. The Kier molecular flexibility index (Phi) is 8.89. The van der Waals surface area contributed by atoms with Crippen molar-refractivity contribution in [1.29, 1.82) is 0 Å². The van der Waals surface area contributed by atoms with Gasteiger partial charge in [0, 0.05) is 33.5 Å². The van der Waals surface area contributed by atoms with Crippen molar-refractivity contribution in [3.8, 4) is 39.1 Å². The normalized spacial score (nSPS) is 11.6. The van der Waals surface area contributed by atoms with E-state index in [-0.39, 0.29) is 0 Å². The van der Waals surface area contributed by atoms with Crippen LogP contribution in [0.4, 0.5) is 17.1 Å². The van der Waals surface area contributed by atoms with Crippen molar-refractivity contribution in [3.05, 3.63) is 255 Å². The Balaban J connectivity index is 0.989. The summed E-state index contributed by atoms with van der Waals surface area (Å²) < 4.78 is 2.43. The Hall–Kier alpha value is -8.72. The Morgan fingerprint density at radius 3 is 1.56 bits per heavy atom. The Bertz CT molecular complexity index is 3970. The number of rotatable bonds is 7. The van der Waals surface area contributed by atoms with Crippen LogP contribution >= 0.6 is 0 Å². The van der Waals surface area contributed by atoms with Gasteiger partial charge in [0.2, 0.25) is 0 Å². The van der Waals surface area contributed by atoms with Gasteiger partial charge >= 0.3 is 0 Å². The molecular weight excluding hydrogens is 797 g/mol. The Labute approximate surface area is 383 Å². The predicted octanol–water partition coefficient (Wildman–Crippen LogP) is 17.9. The molecule has 2 nitrogen and oxygen atoms in total. The first kappa shape index (κ1) is 37.8. The molecule has 0 atom stereocenters. The number of aromatic nitrogens is 1. The Morgan fingerprint density at radius 2 is 0.803 bits per heavy atom. The van der Waals surface area contributed by atoms with E-state index in [0.29, 0.717) is 0 Å². The number of hydrogen-bond acceptors (Lipinski definition) is 1. The highest BCUT2D eigenvalue weighted by molar-refractivity contribution is 6.25. The van der Waals surface area contributed by atoms with Gasteiger partial charge in [-0.25, -0.2) is 0 Å². The van der Waals surface area contributed by atoms with E-state index in [1.165, 1.54) is 92.7 Å². The highest BCUT2D eigenvalue weighted by atomic mass is 15.1. The lowest BCUT2D eigenvalue weighted by atomic mass is 9.93. The minimum atomic E-state index is 1.09. The molecule has 13 rings (SSSR count). The molecule has 0 saturated carbocycles. The third-order valence-corrected chi connectivity index (χ3v) is 13.5. The third-order valence-electron chi connectivity index (χ3n) is 13.5. The lowest BCUT2D eigenvalue weighted by Crippen LogP contribution is -2.10. The zero-order chi connectivity index (χ0) is 43.6. The van der Waals surface area contributed by atoms with Crippen molar-refractivity contribution < 1.29 is 0 Å². The van der Waals surface area contributed by atoms with E-state index in [1.54, 1.807) is 0 Å². The van der Waals surface area contributed by atoms with Crippen LogP contribution in [0.25, 0.3) is 104 Å². The van der Waals surface area contributed by atoms with Crippen LogP contribution in [0, 0.1) is 0 Å². The number of nitrogens with zero attached hydrogens (tertiary/aromatic N) is 2. The molecule has 0 unspecified atom stereocenters. The van der Waals surface area contributed by atoms with E-state index >= 15 is 0 Å². The van der Waals surface area contributed by atoms with Crippen LogP contribution in [0.5, 0.6) is 0 Å². The lowest BCUT2D eigenvalue weighted by molar-refractivity contribution is 1.18. The number of para-hydroxylation sites is 1. The topological polar surface area (TPSA) is 8.17 Å². The van der Waals surface area contributed by atoms with Gasteiger partial charge in [0.1, 0.15) is 0 Å². The van der Waals surface area contributed by atoms with Crippen LogP contribution in [0.15, 0.2) is 255 Å². The molecule has 13 aromatic rings. The van der Waals surface area contributed by atoms with Gasteiger partial charge in [0.05, 0.1) is 11.0 Å². The van der Waals surface area contributed by atoms with Crippen LogP contribution < -0.4 is 4.90 Å². The fraction of sp³-hybridized carbons (Fsp3) is 0. The van der Waals surface area contributed by atoms with Crippen molar-refractivity contribution in [2.75, 3.05) is 4.90 Å². The van der Waals surface area contributed by atoms with Crippen LogP contribution in [0.1, 0.15) is 0 Å². The van der Waals surface area contributed by atoms with E-state index in [0.717, 1.165) is 28.3 Å². The van der Waals surface area contributed by atoms with Crippen LogP contribution in [-0.2, 0) is 0 Å². The summed E-state index contributed by atoms with van der Waals surface area (Å²) in [5, 5.41) is 12.6. The highest BCUT2D eigenvalue weighted by Gasteiger charge is 2.20. The second-order valence-electron chi connectivity index (χ2n) is 17.2. The standard InChI is InChI=1S/C64H42N2/c1-2-20-49(21-3-1)66-61-30-14-29-57(64(61)63-56-25-9-5-16-44(56)35-40-62(63)66)47-19-12-22-52(41-47)65(50-36-31-45(32-37-50)54-28-13-18-43-15-4-7-23-53(43)54)51-38-33-46(34-39-51)60-42-48-17-6-8-24-55(48)58-26-10-11-27-59(58)60/h1-42H. The van der Waals surface area contributed by atoms with Gasteiger partial charge in [0.25, 0.3) is 0 Å². The first-order valence-electron chi connectivity index (χ1n) is 22.8. The molecule has 0 bridgehead atoms. The quantitative estimate of drug-likeness (QED) is 0.145. The molecule has 0 aliphatic heterocycles. The van der Waals surface area contributed by atoms with Crippen molar-refractivity contribution in [1.82, 2.24) is 4.57 Å². The maximum atomic E-state index is 2.43. The number of hydrogen-bond donors (Lipinski definition) is 0. The molecule has 1 aromatic heterocycles. The van der Waals surface area contributed by atoms with E-state index in [2.05, 4.69) is 264 Å². The summed E-state index contributed by atoms with van der Waals surface area (Å²) in [5.41, 5.74) is 14.0. The minimum absolute atomic E-state index is 1.09. The molecule has 0 saturated heterocycles. The predicted molar refractivity (Wildman–Crippen MR) is 282 cm³/mol. The number of anilines is 3. The van der Waals surface area contributed by atoms with Gasteiger partial charge in [-0.2, -0.15) is 0 Å². The molecule has 0 amide bonds. The van der Waals surface area contributed by atoms with Gasteiger partial charge in [-0.3, -0.25) is 0 Å². The fourth-order valence-corrected chi connectivity index (χ4v) is 10.5. The average Bonchev–Trinajstić information content (AvgIpc) is 3.74. The van der Waals surface area contributed by atoms with Crippen LogP contribution in [0.3, 0.4) is 0 Å². The summed E-state index contributed by atoms with van der Waals surface area (Å²) in [7, 11) is 0. The first-order valence-corrected chi connectivity index (χ1v) is 22.8. The lowest BCUT2D eigenvalue weighted by Gasteiger charge is -2.27. The van der Waals surface area contributed by atoms with E-state index < -0.39 is 0 Å². The SMILES string of the molecule is c1ccc(-n2c3cccc(-c4cccc(N(c5ccc(-c6cccc7ccccc67)cc5)c5ccc(-c6cc7ccccc7c7ccccc67)cc5)c4)c3c3c4ccccc4ccc32)cc1. The molecule has 308 valence electrons. The molecule has 0 aliphatic rings. The molecule has 0 radical (unpaired) electrons. The van der Waals surface area contributed by atoms with E-state index in [4.69, 9.17) is 0 Å². The molecule has 0 spiro atoms. The molecule has 12 aromatic carbocycles. The van der Waals surface area contributed by atoms with E-state index in [9.17, 15) is 0 Å². The summed E-state index contributed by atoms with van der Waals surface area (Å²) in [6.45, 7) is 0. The number of benzene rings is 12. The maximum absolute atomic E-state index is 2.43. The average molecular weight is 839 g/mol. The summed E-state index contributed by atoms with van der Waals surface area (Å²) in [4.78, 5) is 2.40. The minimum Gasteiger partial charge on any atom is -0.310 e. The maximum Gasteiger partial charge on any atom is 0.0547 e. The molecular formula is C64H42N2. The monoisotopic (exact) mass is 838 g/mol. The third kappa shape index (κ3) is 6.18. The van der Waals surface area contributed by atoms with Crippen LogP contribution in [0.2, 0.25) is 0 Å². The van der Waals surface area contributed by atoms with Crippen molar-refractivity contribution in [2.45, 2.75) is 0 Å². The Morgan fingerprint density at radius 1 is 0.258 bits per heavy atom. The second-order valence-corrected chi connectivity index (χ2v) is 17.2. The van der Waals surface area contributed by atoms with Gasteiger partial charge in [-0.1, -0.05) is 188 Å². The van der Waals surface area contributed by atoms with Gasteiger partial charge < -0.3 is 9.47 Å². The molecule has 0 N–H and O–H groups in total. The largest absolute Gasteiger partial charge is 0.310 e. The van der Waals surface area contributed by atoms with Crippen molar-refractivity contribution in [3.63, 3.8) is 0 Å². The second kappa shape index (κ2) is 15.5. The van der Waals surface area contributed by atoms with Gasteiger partial charge in [-0.05, 0) is 143 Å². The van der Waals surface area contributed by atoms with E-state index in [1.807, 2.05) is 0 Å². The first-order chi connectivity index (χ1) is 32.7. The van der Waals surface area contributed by atoms with Crippen molar-refractivity contribution >= 4 is 82.0 Å². The molecule has 0 fully saturated rings. The van der Waals surface area contributed by atoms with Gasteiger partial charge in [0.15, 0.2) is 0 Å². The summed E-state index contributed by atoms with van der Waals surface area (Å²) in [5.74, 6) is 0. The molecule has 0 aliphatic carbocycles. The van der Waals surface area contributed by atoms with Gasteiger partial charge in [-0.15, -0.1) is 0 Å². The fourth-order valence-electron chi connectivity index (χ4n) is 10.5. The molecule has 2 heteroatoms. The highest BCUT2D eigenvalue weighted by Crippen LogP contribution is 2.45. The molecule has 66 heavy (non-hydrogen) atoms. The van der Waals surface area contributed by atoms with Crippen LogP contribution in [-0.4, -0.2) is 4.57 Å². The zero-order valence-corrected chi connectivity index (χ0v) is 36.1. The summed E-state index contributed by atoms with van der Waals surface area (Å²) in [6, 6.07) is 93.3. The van der Waals surface area contributed by atoms with Crippen molar-refractivity contribution in [2.24, 2.45) is 0 Å². The molecule has 1 heterocycles. The smallest absolute Gasteiger partial charge is 0.0547 e.